The van der Waals surface area contributed by atoms with Gasteiger partial charge in [-0.05, 0) is 36.6 Å². The van der Waals surface area contributed by atoms with E-state index in [-0.39, 0.29) is 11.9 Å². The SMILES string of the molecule is O=C(NC1CCCOc2ccccc21)c1ccc(Cn2cncn2)cc1. The number of benzene rings is 2. The van der Waals surface area contributed by atoms with Crippen LogP contribution in [-0.2, 0) is 6.54 Å². The topological polar surface area (TPSA) is 69.0 Å². The third kappa shape index (κ3) is 3.59. The van der Waals surface area contributed by atoms with Crippen LogP contribution in [0.3, 0.4) is 0 Å². The summed E-state index contributed by atoms with van der Waals surface area (Å²) in [7, 11) is 0. The smallest absolute Gasteiger partial charge is 0.251 e. The van der Waals surface area contributed by atoms with E-state index in [9.17, 15) is 4.79 Å². The first-order chi connectivity index (χ1) is 12.8. The number of ether oxygens (including phenoxy) is 1. The number of nitrogens with zero attached hydrogens (tertiary/aromatic N) is 3. The second kappa shape index (κ2) is 7.39. The molecule has 2 heterocycles. The molecule has 132 valence electrons. The molecule has 0 fully saturated rings. The molecule has 0 radical (unpaired) electrons. The molecule has 1 unspecified atom stereocenters. The number of hydrogen-bond acceptors (Lipinski definition) is 4. The maximum Gasteiger partial charge on any atom is 0.251 e. The second-order valence-corrected chi connectivity index (χ2v) is 6.34. The number of aromatic nitrogens is 3. The Morgan fingerprint density at radius 1 is 1.19 bits per heavy atom. The van der Waals surface area contributed by atoms with E-state index < -0.39 is 0 Å². The summed E-state index contributed by atoms with van der Waals surface area (Å²) < 4.78 is 7.51. The van der Waals surface area contributed by atoms with E-state index in [1.807, 2.05) is 48.5 Å². The van der Waals surface area contributed by atoms with E-state index in [0.717, 1.165) is 29.7 Å². The van der Waals surface area contributed by atoms with Crippen LogP contribution >= 0.6 is 0 Å². The van der Waals surface area contributed by atoms with Gasteiger partial charge >= 0.3 is 0 Å². The van der Waals surface area contributed by atoms with Crippen LogP contribution in [0.25, 0.3) is 0 Å². The molecule has 1 amide bonds. The first-order valence-electron chi connectivity index (χ1n) is 8.73. The highest BCUT2D eigenvalue weighted by Crippen LogP contribution is 2.31. The Hall–Kier alpha value is -3.15. The molecule has 6 heteroatoms. The van der Waals surface area contributed by atoms with Gasteiger partial charge in [0.25, 0.3) is 5.91 Å². The summed E-state index contributed by atoms with van der Waals surface area (Å²) in [6.07, 6.45) is 4.96. The minimum atomic E-state index is -0.0704. The van der Waals surface area contributed by atoms with Gasteiger partial charge in [-0.25, -0.2) is 9.67 Å². The molecule has 1 aliphatic heterocycles. The number of carbonyl (C=O) groups excluding carboxylic acids is 1. The summed E-state index contributed by atoms with van der Waals surface area (Å²) in [6.45, 7) is 1.32. The fourth-order valence-corrected chi connectivity index (χ4v) is 3.18. The maximum atomic E-state index is 12.7. The summed E-state index contributed by atoms with van der Waals surface area (Å²) in [5.41, 5.74) is 2.76. The van der Waals surface area contributed by atoms with Crippen molar-refractivity contribution in [1.29, 1.82) is 0 Å². The Morgan fingerprint density at radius 3 is 2.85 bits per heavy atom. The molecule has 4 rings (SSSR count). The molecular weight excluding hydrogens is 328 g/mol. The zero-order valence-electron chi connectivity index (χ0n) is 14.3. The van der Waals surface area contributed by atoms with Crippen LogP contribution in [0.5, 0.6) is 5.75 Å². The van der Waals surface area contributed by atoms with Crippen LogP contribution in [-0.4, -0.2) is 27.3 Å². The van der Waals surface area contributed by atoms with E-state index in [2.05, 4.69) is 15.4 Å². The lowest BCUT2D eigenvalue weighted by atomic mass is 10.0. The third-order valence-electron chi connectivity index (χ3n) is 4.52. The fourth-order valence-electron chi connectivity index (χ4n) is 3.18. The number of amides is 1. The Morgan fingerprint density at radius 2 is 2.04 bits per heavy atom. The standard InChI is InChI=1S/C20H20N4O2/c25-20(16-9-7-15(8-10-16)12-24-14-21-13-22-24)23-18-5-3-11-26-19-6-2-1-4-17(18)19/h1-2,4,6-10,13-14,18H,3,5,11-12H2,(H,23,25). The lowest BCUT2D eigenvalue weighted by molar-refractivity contribution is 0.0934. The predicted molar refractivity (Wildman–Crippen MR) is 96.9 cm³/mol. The molecule has 0 aliphatic carbocycles. The molecule has 1 N–H and O–H groups in total. The van der Waals surface area contributed by atoms with Gasteiger partial charge in [-0.3, -0.25) is 4.79 Å². The van der Waals surface area contributed by atoms with Crippen molar-refractivity contribution in [2.24, 2.45) is 0 Å². The number of para-hydroxylation sites is 1. The van der Waals surface area contributed by atoms with Crippen LogP contribution in [0.15, 0.2) is 61.2 Å². The predicted octanol–water partition coefficient (Wildman–Crippen LogP) is 2.97. The van der Waals surface area contributed by atoms with E-state index in [4.69, 9.17) is 4.74 Å². The second-order valence-electron chi connectivity index (χ2n) is 6.34. The van der Waals surface area contributed by atoms with E-state index in [1.165, 1.54) is 6.33 Å². The van der Waals surface area contributed by atoms with Crippen LogP contribution in [0.1, 0.15) is 40.4 Å². The lowest BCUT2D eigenvalue weighted by Crippen LogP contribution is -2.28. The normalized spacial score (nSPS) is 16.2. The van der Waals surface area contributed by atoms with Crippen molar-refractivity contribution in [3.8, 4) is 5.75 Å². The molecule has 0 saturated heterocycles. The lowest BCUT2D eigenvalue weighted by Gasteiger charge is -2.18. The zero-order chi connectivity index (χ0) is 17.8. The summed E-state index contributed by atoms with van der Waals surface area (Å²) in [5, 5.41) is 7.24. The number of rotatable bonds is 4. The first-order valence-corrected chi connectivity index (χ1v) is 8.73. The first kappa shape index (κ1) is 16.3. The molecule has 26 heavy (non-hydrogen) atoms. The average Bonchev–Trinajstić information content (AvgIpc) is 3.10. The third-order valence-corrected chi connectivity index (χ3v) is 4.52. The number of fused-ring (bicyclic) bond motifs is 1. The highest BCUT2D eigenvalue weighted by atomic mass is 16.5. The van der Waals surface area contributed by atoms with Gasteiger partial charge in [0.1, 0.15) is 18.4 Å². The van der Waals surface area contributed by atoms with Crippen molar-refractivity contribution >= 4 is 5.91 Å². The van der Waals surface area contributed by atoms with Crippen LogP contribution in [0.2, 0.25) is 0 Å². The monoisotopic (exact) mass is 348 g/mol. The van der Waals surface area contributed by atoms with Crippen molar-refractivity contribution in [2.45, 2.75) is 25.4 Å². The molecule has 0 saturated carbocycles. The van der Waals surface area contributed by atoms with Crippen LogP contribution in [0.4, 0.5) is 0 Å². The number of carbonyl (C=O) groups is 1. The fraction of sp³-hybridized carbons (Fsp3) is 0.250. The summed E-state index contributed by atoms with van der Waals surface area (Å²) in [4.78, 5) is 16.6. The molecule has 0 spiro atoms. The van der Waals surface area contributed by atoms with Crippen molar-refractivity contribution in [1.82, 2.24) is 20.1 Å². The summed E-state index contributed by atoms with van der Waals surface area (Å²) >= 11 is 0. The molecule has 3 aromatic rings. The van der Waals surface area contributed by atoms with Crippen molar-refractivity contribution in [3.63, 3.8) is 0 Å². The van der Waals surface area contributed by atoms with Crippen molar-refractivity contribution < 1.29 is 9.53 Å². The Bertz CT molecular complexity index is 875. The molecular formula is C20H20N4O2. The van der Waals surface area contributed by atoms with E-state index in [1.54, 1.807) is 11.0 Å². The highest BCUT2D eigenvalue weighted by molar-refractivity contribution is 5.94. The highest BCUT2D eigenvalue weighted by Gasteiger charge is 2.21. The van der Waals surface area contributed by atoms with Gasteiger partial charge < -0.3 is 10.1 Å². The van der Waals surface area contributed by atoms with Gasteiger partial charge in [0, 0.05) is 11.1 Å². The van der Waals surface area contributed by atoms with Crippen molar-refractivity contribution in [2.75, 3.05) is 6.61 Å². The summed E-state index contributed by atoms with van der Waals surface area (Å²) in [5.74, 6) is 0.789. The maximum absolute atomic E-state index is 12.7. The van der Waals surface area contributed by atoms with Gasteiger partial charge in [0.05, 0.1) is 19.2 Å². The van der Waals surface area contributed by atoms with Crippen LogP contribution < -0.4 is 10.1 Å². The zero-order valence-corrected chi connectivity index (χ0v) is 14.3. The summed E-state index contributed by atoms with van der Waals surface area (Å²) in [6, 6.07) is 15.5. The molecule has 1 aromatic heterocycles. The Labute approximate surface area is 151 Å². The Balaban J connectivity index is 1.46. The van der Waals surface area contributed by atoms with Gasteiger partial charge in [-0.1, -0.05) is 30.3 Å². The van der Waals surface area contributed by atoms with Gasteiger partial charge in [-0.15, -0.1) is 0 Å². The van der Waals surface area contributed by atoms with Gasteiger partial charge in [-0.2, -0.15) is 5.10 Å². The molecule has 1 aliphatic rings. The number of hydrogen-bond donors (Lipinski definition) is 1. The average molecular weight is 348 g/mol. The minimum Gasteiger partial charge on any atom is -0.493 e. The van der Waals surface area contributed by atoms with Gasteiger partial charge in [0.2, 0.25) is 0 Å². The Kier molecular flexibility index (Phi) is 4.64. The minimum absolute atomic E-state index is 0.0315. The molecule has 1 atom stereocenters. The largest absolute Gasteiger partial charge is 0.493 e. The van der Waals surface area contributed by atoms with Crippen LogP contribution in [0, 0.1) is 0 Å². The van der Waals surface area contributed by atoms with Gasteiger partial charge in [0.15, 0.2) is 0 Å². The molecule has 2 aromatic carbocycles. The van der Waals surface area contributed by atoms with E-state index >= 15 is 0 Å². The van der Waals surface area contributed by atoms with E-state index in [0.29, 0.717) is 18.7 Å². The number of nitrogens with one attached hydrogen (secondary N) is 1. The molecule has 6 nitrogen and oxygen atoms in total. The van der Waals surface area contributed by atoms with Crippen molar-refractivity contribution in [3.05, 3.63) is 77.9 Å². The molecule has 0 bridgehead atoms. The quantitative estimate of drug-likeness (QED) is 0.787.